The number of nitrogens with zero attached hydrogens (tertiary/aromatic N) is 1. The number of carbonyl (C=O) groups is 1. The molecule has 2 rings (SSSR count). The predicted octanol–water partition coefficient (Wildman–Crippen LogP) is 3.72. The monoisotopic (exact) mass is 261 g/mol. The van der Waals surface area contributed by atoms with Gasteiger partial charge in [-0.1, -0.05) is 20.3 Å². The average Bonchev–Trinajstić information content (AvgIpc) is 3.10. The number of amides is 1. The highest BCUT2D eigenvalue weighted by atomic mass is 16.3. The van der Waals surface area contributed by atoms with Crippen molar-refractivity contribution in [3.63, 3.8) is 0 Å². The van der Waals surface area contributed by atoms with E-state index in [0.29, 0.717) is 18.0 Å². The largest absolute Gasteiger partial charge is 0.465 e. The van der Waals surface area contributed by atoms with Crippen molar-refractivity contribution in [2.75, 3.05) is 0 Å². The molecule has 104 valence electrons. The first-order valence-electron chi connectivity index (χ1n) is 7.17. The molecule has 2 unspecified atom stereocenters. The van der Waals surface area contributed by atoms with Crippen LogP contribution in [0.4, 0.5) is 0 Å². The van der Waals surface area contributed by atoms with Gasteiger partial charge in [0, 0.05) is 18.2 Å². The summed E-state index contributed by atoms with van der Waals surface area (Å²) in [6, 6.07) is 4.41. The van der Waals surface area contributed by atoms with Gasteiger partial charge in [0.05, 0.1) is 6.26 Å². The first-order valence-corrected chi connectivity index (χ1v) is 7.17. The summed E-state index contributed by atoms with van der Waals surface area (Å²) in [5, 5.41) is 0. The van der Waals surface area contributed by atoms with Crippen LogP contribution in [0.5, 0.6) is 0 Å². The lowest BCUT2D eigenvalue weighted by Gasteiger charge is -2.32. The van der Waals surface area contributed by atoms with Gasteiger partial charge in [0.1, 0.15) is 5.76 Å². The number of carbonyl (C=O) groups excluding carboxylic acids is 1. The van der Waals surface area contributed by atoms with E-state index < -0.39 is 0 Å². The number of hydrogen-bond acceptors (Lipinski definition) is 2. The summed E-state index contributed by atoms with van der Waals surface area (Å²) in [4.78, 5) is 14.4. The molecule has 0 aromatic carbocycles. The summed E-state index contributed by atoms with van der Waals surface area (Å²) in [5.41, 5.74) is 0. The standard InChI is InChI=1S/C16H23NO2/c1-4-12(2)13(3)17(14-7-8-14)16(18)10-9-15-6-5-11-19-15/h5-6,9-14H,4,7-8H2,1-3H3/b10-9+. The average molecular weight is 261 g/mol. The third kappa shape index (κ3) is 3.49. The summed E-state index contributed by atoms with van der Waals surface area (Å²) in [7, 11) is 0. The van der Waals surface area contributed by atoms with Crippen LogP contribution in [0.25, 0.3) is 6.08 Å². The molecule has 1 heterocycles. The van der Waals surface area contributed by atoms with Crippen molar-refractivity contribution in [3.8, 4) is 0 Å². The molecule has 1 aliphatic rings. The molecule has 1 aromatic heterocycles. The molecule has 2 atom stereocenters. The summed E-state index contributed by atoms with van der Waals surface area (Å²) >= 11 is 0. The van der Waals surface area contributed by atoms with Crippen LogP contribution in [0.15, 0.2) is 28.9 Å². The molecule has 3 nitrogen and oxygen atoms in total. The maximum atomic E-state index is 12.4. The van der Waals surface area contributed by atoms with Crippen LogP contribution in [-0.2, 0) is 4.79 Å². The molecule has 3 heteroatoms. The highest BCUT2D eigenvalue weighted by Gasteiger charge is 2.36. The topological polar surface area (TPSA) is 33.5 Å². The lowest BCUT2D eigenvalue weighted by atomic mass is 9.99. The van der Waals surface area contributed by atoms with E-state index >= 15 is 0 Å². The molecular formula is C16H23NO2. The first-order chi connectivity index (χ1) is 9.13. The molecule has 1 aliphatic carbocycles. The smallest absolute Gasteiger partial charge is 0.247 e. The SMILES string of the molecule is CCC(C)C(C)N(C(=O)/C=C/c1ccco1)C1CC1. The quantitative estimate of drug-likeness (QED) is 0.731. The second kappa shape index (κ2) is 6.09. The zero-order valence-electron chi connectivity index (χ0n) is 12.0. The van der Waals surface area contributed by atoms with Gasteiger partial charge in [-0.25, -0.2) is 0 Å². The van der Waals surface area contributed by atoms with Crippen LogP contribution in [0.2, 0.25) is 0 Å². The number of rotatable bonds is 6. The van der Waals surface area contributed by atoms with E-state index in [-0.39, 0.29) is 5.91 Å². The van der Waals surface area contributed by atoms with Crippen molar-refractivity contribution in [2.45, 2.75) is 52.1 Å². The highest BCUT2D eigenvalue weighted by Crippen LogP contribution is 2.31. The molecule has 19 heavy (non-hydrogen) atoms. The third-order valence-electron chi connectivity index (χ3n) is 4.03. The summed E-state index contributed by atoms with van der Waals surface area (Å²) in [6.07, 6.45) is 8.38. The maximum absolute atomic E-state index is 12.4. The Morgan fingerprint density at radius 3 is 2.79 bits per heavy atom. The summed E-state index contributed by atoms with van der Waals surface area (Å²) in [6.45, 7) is 6.55. The van der Waals surface area contributed by atoms with Crippen LogP contribution in [-0.4, -0.2) is 22.9 Å². The van der Waals surface area contributed by atoms with Gasteiger partial charge < -0.3 is 9.32 Å². The van der Waals surface area contributed by atoms with Crippen LogP contribution in [0, 0.1) is 5.92 Å². The molecule has 1 amide bonds. The minimum absolute atomic E-state index is 0.103. The molecule has 0 saturated heterocycles. The zero-order chi connectivity index (χ0) is 13.8. The van der Waals surface area contributed by atoms with Gasteiger partial charge in [0.15, 0.2) is 0 Å². The van der Waals surface area contributed by atoms with Crippen molar-refractivity contribution < 1.29 is 9.21 Å². The molecule has 0 aliphatic heterocycles. The van der Waals surface area contributed by atoms with E-state index in [1.165, 1.54) is 0 Å². The lowest BCUT2D eigenvalue weighted by Crippen LogP contribution is -2.42. The van der Waals surface area contributed by atoms with E-state index in [1.807, 2.05) is 17.0 Å². The summed E-state index contributed by atoms with van der Waals surface area (Å²) < 4.78 is 5.21. The second-order valence-corrected chi connectivity index (χ2v) is 5.45. The van der Waals surface area contributed by atoms with E-state index in [0.717, 1.165) is 25.0 Å². The van der Waals surface area contributed by atoms with Crippen molar-refractivity contribution in [2.24, 2.45) is 5.92 Å². The Morgan fingerprint density at radius 2 is 2.26 bits per heavy atom. The highest BCUT2D eigenvalue weighted by molar-refractivity contribution is 5.92. The summed E-state index contributed by atoms with van der Waals surface area (Å²) in [5.74, 6) is 1.36. The Bertz CT molecular complexity index is 432. The molecule has 1 fully saturated rings. The minimum atomic E-state index is 0.103. The Morgan fingerprint density at radius 1 is 1.53 bits per heavy atom. The molecular weight excluding hydrogens is 238 g/mol. The van der Waals surface area contributed by atoms with Gasteiger partial charge in [-0.05, 0) is 43.9 Å². The third-order valence-corrected chi connectivity index (χ3v) is 4.03. The Balaban J connectivity index is 2.04. The molecule has 1 saturated carbocycles. The molecule has 0 N–H and O–H groups in total. The van der Waals surface area contributed by atoms with Crippen molar-refractivity contribution in [3.05, 3.63) is 30.2 Å². The van der Waals surface area contributed by atoms with Crippen LogP contribution in [0.1, 0.15) is 45.8 Å². The first kappa shape index (κ1) is 13.9. The van der Waals surface area contributed by atoms with E-state index in [1.54, 1.807) is 18.4 Å². The normalized spacial score (nSPS) is 18.5. The molecule has 0 bridgehead atoms. The van der Waals surface area contributed by atoms with Gasteiger partial charge in [0.2, 0.25) is 5.91 Å². The Hall–Kier alpha value is -1.51. The van der Waals surface area contributed by atoms with E-state index in [2.05, 4.69) is 20.8 Å². The predicted molar refractivity (Wildman–Crippen MR) is 76.5 cm³/mol. The zero-order valence-corrected chi connectivity index (χ0v) is 12.0. The van der Waals surface area contributed by atoms with Gasteiger partial charge in [0.25, 0.3) is 0 Å². The van der Waals surface area contributed by atoms with Gasteiger partial charge in [-0.15, -0.1) is 0 Å². The minimum Gasteiger partial charge on any atom is -0.465 e. The van der Waals surface area contributed by atoms with Gasteiger partial charge >= 0.3 is 0 Å². The second-order valence-electron chi connectivity index (χ2n) is 5.45. The lowest BCUT2D eigenvalue weighted by molar-refractivity contribution is -0.129. The van der Waals surface area contributed by atoms with Crippen LogP contribution in [0.3, 0.4) is 0 Å². The Labute approximate surface area is 115 Å². The van der Waals surface area contributed by atoms with E-state index in [9.17, 15) is 4.79 Å². The fourth-order valence-corrected chi connectivity index (χ4v) is 2.31. The molecule has 0 spiro atoms. The maximum Gasteiger partial charge on any atom is 0.247 e. The Kier molecular flexibility index (Phi) is 4.46. The fraction of sp³-hybridized carbons (Fsp3) is 0.562. The van der Waals surface area contributed by atoms with E-state index in [4.69, 9.17) is 4.42 Å². The molecule has 1 aromatic rings. The molecule has 0 radical (unpaired) electrons. The van der Waals surface area contributed by atoms with Crippen LogP contribution >= 0.6 is 0 Å². The fourth-order valence-electron chi connectivity index (χ4n) is 2.31. The van der Waals surface area contributed by atoms with Crippen molar-refractivity contribution >= 4 is 12.0 Å². The van der Waals surface area contributed by atoms with Crippen molar-refractivity contribution in [1.82, 2.24) is 4.90 Å². The van der Waals surface area contributed by atoms with Crippen LogP contribution < -0.4 is 0 Å². The van der Waals surface area contributed by atoms with Gasteiger partial charge in [-0.3, -0.25) is 4.79 Å². The number of hydrogen-bond donors (Lipinski definition) is 0. The van der Waals surface area contributed by atoms with Gasteiger partial charge in [-0.2, -0.15) is 0 Å². The number of furan rings is 1. The van der Waals surface area contributed by atoms with Crippen molar-refractivity contribution in [1.29, 1.82) is 0 Å².